The predicted molar refractivity (Wildman–Crippen MR) is 74.4 cm³/mol. The van der Waals surface area contributed by atoms with Crippen molar-refractivity contribution in [1.82, 2.24) is 0 Å². The smallest absolute Gasteiger partial charge is 0.398 e. The third-order valence-corrected chi connectivity index (χ3v) is 4.64. The van der Waals surface area contributed by atoms with Crippen LogP contribution in [0.2, 0.25) is 0 Å². The molecule has 0 spiro atoms. The summed E-state index contributed by atoms with van der Waals surface area (Å²) in [4.78, 5) is 0. The maximum absolute atomic E-state index is 12.8. The number of thioether (sulfide) groups is 1. The van der Waals surface area contributed by atoms with Crippen LogP contribution < -0.4 is 11.1 Å². The summed E-state index contributed by atoms with van der Waals surface area (Å²) < 4.78 is 38.3. The van der Waals surface area contributed by atoms with E-state index in [1.54, 1.807) is 17.8 Å². The molecule has 1 aliphatic carbocycles. The van der Waals surface area contributed by atoms with Crippen molar-refractivity contribution in [3.63, 3.8) is 0 Å². The summed E-state index contributed by atoms with van der Waals surface area (Å²) in [5, 5.41) is 3.67. The molecule has 0 bridgehead atoms. The van der Waals surface area contributed by atoms with Crippen LogP contribution in [-0.2, 0) is 6.18 Å². The van der Waals surface area contributed by atoms with E-state index in [0.717, 1.165) is 25.3 Å². The van der Waals surface area contributed by atoms with Gasteiger partial charge in [-0.2, -0.15) is 24.9 Å². The van der Waals surface area contributed by atoms with E-state index in [9.17, 15) is 13.2 Å². The molecule has 0 aromatic heterocycles. The highest BCUT2D eigenvalue weighted by atomic mass is 32.2. The number of nitrogen functional groups attached to an aromatic ring is 1. The number of alkyl halides is 3. The Morgan fingerprint density at radius 3 is 2.68 bits per heavy atom. The van der Waals surface area contributed by atoms with Crippen molar-refractivity contribution in [2.24, 2.45) is 0 Å². The second kappa shape index (κ2) is 5.53. The summed E-state index contributed by atoms with van der Waals surface area (Å²) in [5.74, 6) is 0. The quantitative estimate of drug-likeness (QED) is 0.827. The van der Waals surface area contributed by atoms with Gasteiger partial charge in [0.05, 0.1) is 5.56 Å². The molecule has 0 aliphatic heterocycles. The molecule has 19 heavy (non-hydrogen) atoms. The van der Waals surface area contributed by atoms with Gasteiger partial charge in [-0.3, -0.25) is 0 Å². The van der Waals surface area contributed by atoms with E-state index in [0.29, 0.717) is 10.9 Å². The third kappa shape index (κ3) is 3.29. The minimum absolute atomic E-state index is 0.231. The fourth-order valence-corrected chi connectivity index (χ4v) is 3.41. The van der Waals surface area contributed by atoms with Crippen LogP contribution in [0.4, 0.5) is 24.5 Å². The Hall–Kier alpha value is -1.04. The van der Waals surface area contributed by atoms with E-state index in [1.807, 2.05) is 6.26 Å². The number of nitrogens with one attached hydrogen (secondary N) is 1. The number of hydrogen-bond acceptors (Lipinski definition) is 3. The number of anilines is 2. The largest absolute Gasteiger partial charge is 0.418 e. The van der Waals surface area contributed by atoms with Gasteiger partial charge in [0.1, 0.15) is 0 Å². The van der Waals surface area contributed by atoms with Crippen molar-refractivity contribution in [2.45, 2.75) is 36.7 Å². The average Bonchev–Trinajstić information content (AvgIpc) is 2.77. The summed E-state index contributed by atoms with van der Waals surface area (Å²) in [6.45, 7) is 0. The first kappa shape index (κ1) is 14.4. The van der Waals surface area contributed by atoms with Gasteiger partial charge in [-0.25, -0.2) is 0 Å². The van der Waals surface area contributed by atoms with Gasteiger partial charge in [-0.05, 0) is 37.3 Å². The van der Waals surface area contributed by atoms with Crippen molar-refractivity contribution >= 4 is 23.1 Å². The molecule has 0 heterocycles. The summed E-state index contributed by atoms with van der Waals surface area (Å²) in [6.07, 6.45) is 0.854. The van der Waals surface area contributed by atoms with Gasteiger partial charge in [-0.15, -0.1) is 0 Å². The van der Waals surface area contributed by atoms with Crippen molar-refractivity contribution < 1.29 is 13.2 Å². The minimum atomic E-state index is -4.41. The normalized spacial score (nSPS) is 23.6. The van der Waals surface area contributed by atoms with Crippen molar-refractivity contribution in [1.29, 1.82) is 0 Å². The monoisotopic (exact) mass is 290 g/mol. The molecule has 1 aliphatic rings. The van der Waals surface area contributed by atoms with E-state index in [-0.39, 0.29) is 11.7 Å². The lowest BCUT2D eigenvalue weighted by molar-refractivity contribution is -0.136. The molecule has 2 unspecified atom stereocenters. The standard InChI is InChI=1S/C13H17F3N2S/c1-19-12-4-2-3-11(12)18-8-5-6-10(17)9(7-8)13(14,15)16/h5-7,11-12,18H,2-4,17H2,1H3. The fraction of sp³-hybridized carbons (Fsp3) is 0.538. The molecule has 3 N–H and O–H groups in total. The number of rotatable bonds is 3. The molecular weight excluding hydrogens is 273 g/mol. The molecule has 1 aromatic rings. The zero-order valence-electron chi connectivity index (χ0n) is 10.6. The molecule has 6 heteroatoms. The Morgan fingerprint density at radius 1 is 1.32 bits per heavy atom. The van der Waals surface area contributed by atoms with E-state index in [1.165, 1.54) is 6.07 Å². The van der Waals surface area contributed by atoms with E-state index in [4.69, 9.17) is 5.73 Å². The average molecular weight is 290 g/mol. The second-order valence-electron chi connectivity index (χ2n) is 4.76. The van der Waals surface area contributed by atoms with Crippen molar-refractivity contribution in [3.8, 4) is 0 Å². The van der Waals surface area contributed by atoms with Gasteiger partial charge in [0.25, 0.3) is 0 Å². The van der Waals surface area contributed by atoms with Gasteiger partial charge in [0.15, 0.2) is 0 Å². The highest BCUT2D eigenvalue weighted by Crippen LogP contribution is 2.36. The molecule has 2 atom stereocenters. The van der Waals surface area contributed by atoms with Crippen LogP contribution in [0.15, 0.2) is 18.2 Å². The lowest BCUT2D eigenvalue weighted by Crippen LogP contribution is -2.26. The zero-order valence-corrected chi connectivity index (χ0v) is 11.4. The van der Waals surface area contributed by atoms with Crippen LogP contribution in [0.1, 0.15) is 24.8 Å². The summed E-state index contributed by atoms with van der Waals surface area (Å²) in [6, 6.07) is 4.26. The molecular formula is C13H17F3N2S. The lowest BCUT2D eigenvalue weighted by Gasteiger charge is -2.21. The Bertz CT molecular complexity index is 448. The van der Waals surface area contributed by atoms with Crippen LogP contribution in [-0.4, -0.2) is 17.5 Å². The SMILES string of the molecule is CSC1CCCC1Nc1ccc(N)c(C(F)(F)F)c1. The van der Waals surface area contributed by atoms with Crippen LogP contribution in [0.25, 0.3) is 0 Å². The summed E-state index contributed by atoms with van der Waals surface area (Å²) in [5.41, 5.74) is 4.88. The molecule has 2 rings (SSSR count). The Morgan fingerprint density at radius 2 is 2.05 bits per heavy atom. The second-order valence-corrected chi connectivity index (χ2v) is 5.83. The zero-order chi connectivity index (χ0) is 14.0. The van der Waals surface area contributed by atoms with Gasteiger partial charge < -0.3 is 11.1 Å². The number of hydrogen-bond donors (Lipinski definition) is 2. The van der Waals surface area contributed by atoms with Crippen LogP contribution in [0, 0.1) is 0 Å². The molecule has 0 amide bonds. The van der Waals surface area contributed by atoms with E-state index >= 15 is 0 Å². The molecule has 106 valence electrons. The lowest BCUT2D eigenvalue weighted by atomic mass is 10.1. The molecule has 0 saturated heterocycles. The molecule has 1 saturated carbocycles. The van der Waals surface area contributed by atoms with Gasteiger partial charge in [-0.1, -0.05) is 6.42 Å². The fourth-order valence-electron chi connectivity index (χ4n) is 2.48. The predicted octanol–water partition coefficient (Wildman–Crippen LogP) is 3.98. The molecule has 2 nitrogen and oxygen atoms in total. The van der Waals surface area contributed by atoms with Crippen molar-refractivity contribution in [3.05, 3.63) is 23.8 Å². The molecule has 1 fully saturated rings. The third-order valence-electron chi connectivity index (χ3n) is 3.47. The first-order chi connectivity index (χ1) is 8.91. The summed E-state index contributed by atoms with van der Waals surface area (Å²) >= 11 is 1.76. The van der Waals surface area contributed by atoms with Gasteiger partial charge in [0, 0.05) is 22.7 Å². The number of halogens is 3. The van der Waals surface area contributed by atoms with Gasteiger partial charge in [0.2, 0.25) is 0 Å². The maximum atomic E-state index is 12.8. The number of benzene rings is 1. The summed E-state index contributed by atoms with van der Waals surface area (Å²) in [7, 11) is 0. The highest BCUT2D eigenvalue weighted by Gasteiger charge is 2.33. The van der Waals surface area contributed by atoms with E-state index < -0.39 is 11.7 Å². The number of nitrogens with two attached hydrogens (primary N) is 1. The Balaban J connectivity index is 2.17. The van der Waals surface area contributed by atoms with Crippen LogP contribution in [0.5, 0.6) is 0 Å². The first-order valence-electron chi connectivity index (χ1n) is 6.18. The Labute approximate surface area is 114 Å². The topological polar surface area (TPSA) is 38.0 Å². The first-order valence-corrected chi connectivity index (χ1v) is 7.46. The Kier molecular flexibility index (Phi) is 4.18. The van der Waals surface area contributed by atoms with Crippen molar-refractivity contribution in [2.75, 3.05) is 17.3 Å². The van der Waals surface area contributed by atoms with Crippen LogP contribution >= 0.6 is 11.8 Å². The molecule has 0 radical (unpaired) electrons. The maximum Gasteiger partial charge on any atom is 0.418 e. The minimum Gasteiger partial charge on any atom is -0.398 e. The highest BCUT2D eigenvalue weighted by molar-refractivity contribution is 7.99. The van der Waals surface area contributed by atoms with E-state index in [2.05, 4.69) is 5.32 Å². The molecule has 1 aromatic carbocycles. The van der Waals surface area contributed by atoms with Crippen LogP contribution in [0.3, 0.4) is 0 Å². The van der Waals surface area contributed by atoms with Gasteiger partial charge >= 0.3 is 6.18 Å².